The second-order valence-electron chi connectivity index (χ2n) is 5.31. The van der Waals surface area contributed by atoms with Gasteiger partial charge < -0.3 is 14.8 Å². The largest absolute Gasteiger partial charge is 0.490 e. The molecule has 0 heterocycles. The van der Waals surface area contributed by atoms with Crippen LogP contribution in [0, 0.1) is 28.5 Å². The van der Waals surface area contributed by atoms with Crippen molar-refractivity contribution in [3.8, 4) is 23.6 Å². The van der Waals surface area contributed by atoms with Crippen LogP contribution in [0.25, 0.3) is 6.08 Å². The monoisotopic (exact) mass is 399 g/mol. The molecule has 1 N–H and O–H groups in total. The third-order valence-electron chi connectivity index (χ3n) is 3.41. The Bertz CT molecular complexity index is 993. The summed E-state index contributed by atoms with van der Waals surface area (Å²) in [4.78, 5) is 12.3. The van der Waals surface area contributed by atoms with Crippen LogP contribution in [0.2, 0.25) is 5.02 Å². The van der Waals surface area contributed by atoms with Crippen molar-refractivity contribution in [3.05, 3.63) is 58.4 Å². The lowest BCUT2D eigenvalue weighted by atomic mass is 10.1. The first-order chi connectivity index (χ1) is 13.5. The molecular weight excluding hydrogens is 385 g/mol. The molecule has 2 rings (SSSR count). The quantitative estimate of drug-likeness (QED) is 0.552. The minimum Gasteiger partial charge on any atom is -0.490 e. The molecule has 0 unspecified atom stereocenters. The molecule has 0 radical (unpaired) electrons. The predicted molar refractivity (Wildman–Crippen MR) is 102 cm³/mol. The summed E-state index contributed by atoms with van der Waals surface area (Å²) in [6.45, 7) is 1.85. The second-order valence-corrected chi connectivity index (χ2v) is 5.72. The fraction of sp³-hybridized carbons (Fsp3) is 0.150. The molecule has 0 aromatic heterocycles. The van der Waals surface area contributed by atoms with Crippen LogP contribution in [0.1, 0.15) is 12.5 Å². The van der Waals surface area contributed by atoms with E-state index in [1.165, 1.54) is 36.4 Å². The van der Waals surface area contributed by atoms with Crippen LogP contribution in [0.4, 0.5) is 10.1 Å². The smallest absolute Gasteiger partial charge is 0.266 e. The van der Waals surface area contributed by atoms with Crippen molar-refractivity contribution in [3.63, 3.8) is 0 Å². The van der Waals surface area contributed by atoms with Crippen LogP contribution in [-0.4, -0.2) is 19.1 Å². The van der Waals surface area contributed by atoms with Crippen LogP contribution < -0.4 is 14.8 Å². The van der Waals surface area contributed by atoms with Crippen LogP contribution >= 0.6 is 11.6 Å². The molecule has 1 amide bonds. The summed E-state index contributed by atoms with van der Waals surface area (Å²) in [6.07, 6.45) is 1.29. The number of amides is 1. The van der Waals surface area contributed by atoms with E-state index in [0.717, 1.165) is 0 Å². The number of para-hydroxylation sites is 1. The molecule has 0 aliphatic carbocycles. The molecule has 6 nitrogen and oxygen atoms in total. The number of carbonyl (C=O) groups is 1. The Kier molecular flexibility index (Phi) is 7.38. The Morgan fingerprint density at radius 2 is 2.04 bits per heavy atom. The minimum atomic E-state index is -0.772. The van der Waals surface area contributed by atoms with Crippen molar-refractivity contribution in [2.45, 2.75) is 6.92 Å². The maximum atomic E-state index is 13.7. The van der Waals surface area contributed by atoms with Gasteiger partial charge in [-0.2, -0.15) is 10.5 Å². The summed E-state index contributed by atoms with van der Waals surface area (Å²) in [5, 5.41) is 20.5. The second kappa shape index (κ2) is 9.96. The number of benzene rings is 2. The topological polar surface area (TPSA) is 95.1 Å². The van der Waals surface area contributed by atoms with Gasteiger partial charge in [0.25, 0.3) is 5.91 Å². The number of carbonyl (C=O) groups excluding carboxylic acids is 1. The highest BCUT2D eigenvalue weighted by Crippen LogP contribution is 2.37. The molecule has 0 aliphatic rings. The highest BCUT2D eigenvalue weighted by Gasteiger charge is 2.15. The average Bonchev–Trinajstić information content (AvgIpc) is 2.67. The molecule has 0 saturated carbocycles. The van der Waals surface area contributed by atoms with Crippen molar-refractivity contribution in [2.24, 2.45) is 0 Å². The molecular formula is C20H15ClFN3O3. The molecule has 0 fully saturated rings. The van der Waals surface area contributed by atoms with E-state index in [-0.39, 0.29) is 34.4 Å². The zero-order valence-corrected chi connectivity index (χ0v) is 15.6. The summed E-state index contributed by atoms with van der Waals surface area (Å²) >= 11 is 6.19. The van der Waals surface area contributed by atoms with Gasteiger partial charge in [0.2, 0.25) is 0 Å². The van der Waals surface area contributed by atoms with Crippen molar-refractivity contribution in [1.29, 1.82) is 10.5 Å². The van der Waals surface area contributed by atoms with Gasteiger partial charge in [-0.15, -0.1) is 0 Å². The molecule has 0 bridgehead atoms. The van der Waals surface area contributed by atoms with E-state index in [1.54, 1.807) is 19.1 Å². The number of rotatable bonds is 7. The normalized spacial score (nSPS) is 10.5. The summed E-state index contributed by atoms with van der Waals surface area (Å²) in [5.74, 6) is -0.930. The standard InChI is InChI=1S/C20H15ClFN3O3/c1-2-27-18-11-13(10-15(21)19(18)28-8-7-23)9-14(12-24)20(26)25-17-6-4-3-5-16(17)22/h3-6,9-11H,2,8H2,1H3,(H,25,26)/b14-9-. The number of hydrogen-bond donors (Lipinski definition) is 1. The van der Waals surface area contributed by atoms with E-state index in [0.29, 0.717) is 12.2 Å². The van der Waals surface area contributed by atoms with E-state index < -0.39 is 11.7 Å². The van der Waals surface area contributed by atoms with Gasteiger partial charge in [0.1, 0.15) is 23.5 Å². The van der Waals surface area contributed by atoms with Gasteiger partial charge in [-0.3, -0.25) is 4.79 Å². The Morgan fingerprint density at radius 3 is 2.68 bits per heavy atom. The van der Waals surface area contributed by atoms with Gasteiger partial charge in [0, 0.05) is 0 Å². The molecule has 2 aromatic carbocycles. The summed E-state index contributed by atoms with van der Waals surface area (Å²) in [5.41, 5.74) is 0.104. The predicted octanol–water partition coefficient (Wildman–Crippen LogP) is 4.33. The maximum Gasteiger partial charge on any atom is 0.266 e. The van der Waals surface area contributed by atoms with Gasteiger partial charge in [0.05, 0.1) is 17.3 Å². The Hall–Kier alpha value is -3.55. The third kappa shape index (κ3) is 5.23. The van der Waals surface area contributed by atoms with Crippen molar-refractivity contribution in [2.75, 3.05) is 18.5 Å². The molecule has 0 spiro atoms. The third-order valence-corrected chi connectivity index (χ3v) is 3.69. The average molecular weight is 400 g/mol. The Labute approximate surface area is 166 Å². The molecule has 0 saturated heterocycles. The first-order valence-electron chi connectivity index (χ1n) is 8.13. The summed E-state index contributed by atoms with van der Waals surface area (Å²) in [6, 6.07) is 12.2. The fourth-order valence-electron chi connectivity index (χ4n) is 2.25. The zero-order valence-electron chi connectivity index (χ0n) is 14.8. The maximum absolute atomic E-state index is 13.7. The first-order valence-corrected chi connectivity index (χ1v) is 8.51. The number of nitrogens with zero attached hydrogens (tertiary/aromatic N) is 2. The van der Waals surface area contributed by atoms with Crippen LogP contribution in [-0.2, 0) is 4.79 Å². The number of hydrogen-bond acceptors (Lipinski definition) is 5. The lowest BCUT2D eigenvalue weighted by Gasteiger charge is -2.13. The minimum absolute atomic E-state index is 0.0399. The van der Waals surface area contributed by atoms with Gasteiger partial charge in [-0.25, -0.2) is 4.39 Å². The van der Waals surface area contributed by atoms with E-state index in [9.17, 15) is 14.4 Å². The van der Waals surface area contributed by atoms with Crippen molar-refractivity contribution >= 4 is 29.3 Å². The van der Waals surface area contributed by atoms with E-state index in [4.69, 9.17) is 26.3 Å². The fourth-order valence-corrected chi connectivity index (χ4v) is 2.52. The van der Waals surface area contributed by atoms with Gasteiger partial charge in [-0.05, 0) is 42.8 Å². The summed E-state index contributed by atoms with van der Waals surface area (Å²) < 4.78 is 24.4. The number of ether oxygens (including phenoxy) is 2. The highest BCUT2D eigenvalue weighted by molar-refractivity contribution is 6.32. The van der Waals surface area contributed by atoms with Crippen LogP contribution in [0.5, 0.6) is 11.5 Å². The molecule has 142 valence electrons. The molecule has 28 heavy (non-hydrogen) atoms. The zero-order chi connectivity index (χ0) is 20.5. The molecule has 8 heteroatoms. The highest BCUT2D eigenvalue weighted by atomic mass is 35.5. The Morgan fingerprint density at radius 1 is 1.29 bits per heavy atom. The van der Waals surface area contributed by atoms with Crippen molar-refractivity contribution in [1.82, 2.24) is 0 Å². The van der Waals surface area contributed by atoms with Gasteiger partial charge in [0.15, 0.2) is 18.1 Å². The van der Waals surface area contributed by atoms with E-state index in [2.05, 4.69) is 5.32 Å². The first kappa shape index (κ1) is 20.8. The molecule has 0 atom stereocenters. The van der Waals surface area contributed by atoms with E-state index >= 15 is 0 Å². The molecule has 0 aliphatic heterocycles. The SMILES string of the molecule is CCOc1cc(/C=C(/C#N)C(=O)Nc2ccccc2F)cc(Cl)c1OCC#N. The number of halogens is 2. The Balaban J connectivity index is 2.35. The van der Waals surface area contributed by atoms with Gasteiger partial charge >= 0.3 is 0 Å². The molecule has 2 aromatic rings. The van der Waals surface area contributed by atoms with E-state index in [1.807, 2.05) is 6.07 Å². The van der Waals surface area contributed by atoms with Gasteiger partial charge in [-0.1, -0.05) is 23.7 Å². The number of nitrogens with one attached hydrogen (secondary N) is 1. The van der Waals surface area contributed by atoms with Crippen LogP contribution in [0.3, 0.4) is 0 Å². The lowest BCUT2D eigenvalue weighted by Crippen LogP contribution is -2.14. The number of anilines is 1. The lowest BCUT2D eigenvalue weighted by molar-refractivity contribution is -0.112. The summed E-state index contributed by atoms with van der Waals surface area (Å²) in [7, 11) is 0. The number of nitriles is 2. The van der Waals surface area contributed by atoms with Crippen molar-refractivity contribution < 1.29 is 18.7 Å². The van der Waals surface area contributed by atoms with Crippen LogP contribution in [0.15, 0.2) is 42.0 Å².